The molecule has 3 N–H and O–H groups in total. The van der Waals surface area contributed by atoms with Gasteiger partial charge in [0, 0.05) is 26.1 Å². The third-order valence-electron chi connectivity index (χ3n) is 3.73. The summed E-state index contributed by atoms with van der Waals surface area (Å²) in [6, 6.07) is 0. The van der Waals surface area contributed by atoms with Crippen LogP contribution in [-0.2, 0) is 4.74 Å². The molecule has 4 atom stereocenters. The van der Waals surface area contributed by atoms with Gasteiger partial charge in [0.15, 0.2) is 6.17 Å². The Morgan fingerprint density at radius 2 is 1.76 bits per heavy atom. The van der Waals surface area contributed by atoms with Gasteiger partial charge in [-0.1, -0.05) is 0 Å². The largest absolute Gasteiger partial charge is 0.390 e. The number of methoxy groups -OCH3 is 1. The molecule has 6 heteroatoms. The Morgan fingerprint density at radius 1 is 1.12 bits per heavy atom. The number of hydrogen-bond acceptors (Lipinski definition) is 4. The Hall–Kier alpha value is -0.300. The van der Waals surface area contributed by atoms with Crippen LogP contribution in [-0.4, -0.2) is 56.0 Å². The average Bonchev–Trinajstić information content (AvgIpc) is 2.34. The van der Waals surface area contributed by atoms with E-state index in [1.165, 1.54) is 7.11 Å². The van der Waals surface area contributed by atoms with Gasteiger partial charge in [-0.3, -0.25) is 10.6 Å². The van der Waals surface area contributed by atoms with E-state index in [4.69, 9.17) is 4.74 Å². The molecule has 0 bridgehead atoms. The monoisotopic (exact) mass is 250 g/mol. The minimum atomic E-state index is -1.56. The van der Waals surface area contributed by atoms with Crippen LogP contribution in [0.25, 0.3) is 0 Å². The zero-order valence-electron chi connectivity index (χ0n) is 9.90. The number of ether oxygens (including phenoxy) is 1. The van der Waals surface area contributed by atoms with Crippen LogP contribution in [0, 0.1) is 5.92 Å². The van der Waals surface area contributed by atoms with Crippen molar-refractivity contribution in [3.05, 3.63) is 0 Å². The standard InChI is InChI=1S/C11H20F2N2O2/c1-17-8-3-2-7(9(12)10(8)13)11-14-4-6(16)5-15-11/h6-11,14-16H,2-5H2,1H3. The predicted octanol–water partition coefficient (Wildman–Crippen LogP) is -0.0326. The first-order valence-corrected chi connectivity index (χ1v) is 6.09. The summed E-state index contributed by atoms with van der Waals surface area (Å²) in [6.07, 6.45) is -3.31. The van der Waals surface area contributed by atoms with Crippen LogP contribution in [0.15, 0.2) is 0 Å². The molecule has 0 amide bonds. The summed E-state index contributed by atoms with van der Waals surface area (Å²) in [5.74, 6) is -0.399. The van der Waals surface area contributed by atoms with Crippen molar-refractivity contribution in [1.82, 2.24) is 10.6 Å². The van der Waals surface area contributed by atoms with E-state index in [1.54, 1.807) is 0 Å². The van der Waals surface area contributed by atoms with Gasteiger partial charge < -0.3 is 9.84 Å². The molecule has 1 aliphatic carbocycles. The van der Waals surface area contributed by atoms with E-state index < -0.39 is 30.5 Å². The van der Waals surface area contributed by atoms with Crippen molar-refractivity contribution in [2.75, 3.05) is 20.2 Å². The Balaban J connectivity index is 1.93. The van der Waals surface area contributed by atoms with Crippen LogP contribution in [0.5, 0.6) is 0 Å². The molecule has 0 spiro atoms. The second-order valence-electron chi connectivity index (χ2n) is 4.85. The van der Waals surface area contributed by atoms with Crippen molar-refractivity contribution in [2.24, 2.45) is 5.92 Å². The molecule has 4 nitrogen and oxygen atoms in total. The minimum Gasteiger partial charge on any atom is -0.390 e. The summed E-state index contributed by atoms with van der Waals surface area (Å²) >= 11 is 0. The first-order chi connectivity index (χ1) is 8.13. The molecule has 2 fully saturated rings. The number of nitrogens with one attached hydrogen (secondary N) is 2. The molecule has 2 rings (SSSR count). The van der Waals surface area contributed by atoms with E-state index in [9.17, 15) is 13.9 Å². The number of rotatable bonds is 2. The van der Waals surface area contributed by atoms with Gasteiger partial charge in [-0.2, -0.15) is 0 Å². The Kier molecular flexibility index (Phi) is 4.30. The third-order valence-corrected chi connectivity index (χ3v) is 3.73. The highest BCUT2D eigenvalue weighted by molar-refractivity contribution is 4.95. The number of aliphatic hydroxyl groups is 1. The number of alkyl halides is 2. The summed E-state index contributed by atoms with van der Waals surface area (Å²) < 4.78 is 32.6. The number of halogens is 2. The fraction of sp³-hybridized carbons (Fsp3) is 1.00. The zero-order valence-corrected chi connectivity index (χ0v) is 9.90. The molecule has 0 aromatic heterocycles. The predicted molar refractivity (Wildman–Crippen MR) is 59.1 cm³/mol. The molecule has 0 aromatic rings. The molecular formula is C11H20F2N2O2. The van der Waals surface area contributed by atoms with E-state index in [0.29, 0.717) is 25.9 Å². The van der Waals surface area contributed by atoms with Crippen molar-refractivity contribution in [3.8, 4) is 0 Å². The van der Waals surface area contributed by atoms with Crippen LogP contribution in [0.1, 0.15) is 12.8 Å². The van der Waals surface area contributed by atoms with Crippen molar-refractivity contribution < 1.29 is 18.6 Å². The molecule has 17 heavy (non-hydrogen) atoms. The van der Waals surface area contributed by atoms with E-state index in [0.717, 1.165) is 0 Å². The van der Waals surface area contributed by atoms with Crippen LogP contribution < -0.4 is 10.6 Å². The highest BCUT2D eigenvalue weighted by Gasteiger charge is 2.44. The molecule has 1 saturated carbocycles. The number of aliphatic hydroxyl groups excluding tert-OH is 1. The Labute approximate surface area is 99.7 Å². The van der Waals surface area contributed by atoms with Gasteiger partial charge in [0.1, 0.15) is 6.17 Å². The topological polar surface area (TPSA) is 53.5 Å². The lowest BCUT2D eigenvalue weighted by Crippen LogP contribution is -2.62. The van der Waals surface area contributed by atoms with Gasteiger partial charge in [-0.05, 0) is 12.8 Å². The maximum atomic E-state index is 14.0. The lowest BCUT2D eigenvalue weighted by Gasteiger charge is -2.41. The van der Waals surface area contributed by atoms with Gasteiger partial charge in [0.25, 0.3) is 0 Å². The lowest BCUT2D eigenvalue weighted by atomic mass is 9.82. The quantitative estimate of drug-likeness (QED) is 0.644. The first-order valence-electron chi connectivity index (χ1n) is 6.09. The summed E-state index contributed by atoms with van der Waals surface area (Å²) in [6.45, 7) is 0.844. The molecule has 2 aliphatic rings. The lowest BCUT2D eigenvalue weighted by molar-refractivity contribution is -0.0686. The molecule has 0 radical (unpaired) electrons. The van der Waals surface area contributed by atoms with E-state index in [-0.39, 0.29) is 6.17 Å². The highest BCUT2D eigenvalue weighted by atomic mass is 19.2. The molecule has 4 unspecified atom stereocenters. The third kappa shape index (κ3) is 2.76. The molecule has 1 aliphatic heterocycles. The van der Waals surface area contributed by atoms with E-state index >= 15 is 0 Å². The zero-order chi connectivity index (χ0) is 12.4. The van der Waals surface area contributed by atoms with Gasteiger partial charge in [-0.15, -0.1) is 0 Å². The normalized spacial score (nSPS) is 48.0. The van der Waals surface area contributed by atoms with Crippen LogP contribution in [0.3, 0.4) is 0 Å². The van der Waals surface area contributed by atoms with E-state index in [1.807, 2.05) is 0 Å². The van der Waals surface area contributed by atoms with Gasteiger partial charge >= 0.3 is 0 Å². The van der Waals surface area contributed by atoms with E-state index in [2.05, 4.69) is 10.6 Å². The van der Waals surface area contributed by atoms with Crippen molar-refractivity contribution in [3.63, 3.8) is 0 Å². The SMILES string of the molecule is COC1CCC(C2NCC(O)CN2)C(F)C1F. The van der Waals surface area contributed by atoms with Crippen molar-refractivity contribution in [2.45, 2.75) is 43.6 Å². The van der Waals surface area contributed by atoms with Crippen LogP contribution in [0.2, 0.25) is 0 Å². The molecule has 1 saturated heterocycles. The highest BCUT2D eigenvalue weighted by Crippen LogP contribution is 2.33. The second kappa shape index (κ2) is 5.56. The molecule has 1 heterocycles. The maximum absolute atomic E-state index is 14.0. The van der Waals surface area contributed by atoms with Gasteiger partial charge in [-0.25, -0.2) is 8.78 Å². The first kappa shape index (κ1) is 13.1. The molecular weight excluding hydrogens is 230 g/mol. The smallest absolute Gasteiger partial charge is 0.157 e. The summed E-state index contributed by atoms with van der Waals surface area (Å²) in [5, 5.41) is 15.3. The van der Waals surface area contributed by atoms with Crippen LogP contribution in [0.4, 0.5) is 8.78 Å². The second-order valence-corrected chi connectivity index (χ2v) is 4.85. The summed E-state index contributed by atoms with van der Waals surface area (Å²) in [5.41, 5.74) is 0. The van der Waals surface area contributed by atoms with Crippen molar-refractivity contribution in [1.29, 1.82) is 0 Å². The van der Waals surface area contributed by atoms with Gasteiger partial charge in [0.2, 0.25) is 0 Å². The fourth-order valence-corrected chi connectivity index (χ4v) is 2.69. The van der Waals surface area contributed by atoms with Crippen LogP contribution >= 0.6 is 0 Å². The Bertz CT molecular complexity index is 248. The van der Waals surface area contributed by atoms with Crippen molar-refractivity contribution >= 4 is 0 Å². The maximum Gasteiger partial charge on any atom is 0.157 e. The minimum absolute atomic E-state index is 0.260. The number of hydrogen-bond donors (Lipinski definition) is 3. The van der Waals surface area contributed by atoms with Gasteiger partial charge in [0.05, 0.1) is 18.4 Å². The number of β-amino-alcohol motifs (C(OH)–C–C–N with tert-alkyl or cyclic N) is 1. The molecule has 0 aromatic carbocycles. The summed E-state index contributed by atoms with van der Waals surface area (Å²) in [7, 11) is 1.41. The fourth-order valence-electron chi connectivity index (χ4n) is 2.69. The Morgan fingerprint density at radius 3 is 2.35 bits per heavy atom. The average molecular weight is 250 g/mol. The molecule has 100 valence electrons. The summed E-state index contributed by atoms with van der Waals surface area (Å²) in [4.78, 5) is 0.